The number of anilines is 4. The number of carbonyl (C=O) groups is 2. The minimum Gasteiger partial charge on any atom is -0.454 e. The van der Waals surface area contributed by atoms with E-state index in [2.05, 4.69) is 37.6 Å². The zero-order valence-electron chi connectivity index (χ0n) is 24.7. The van der Waals surface area contributed by atoms with Gasteiger partial charge in [0.25, 0.3) is 0 Å². The van der Waals surface area contributed by atoms with Crippen LogP contribution in [0, 0.1) is 0 Å². The van der Waals surface area contributed by atoms with Crippen molar-refractivity contribution in [2.45, 2.75) is 32.9 Å². The molecular weight excluding hydrogens is 562 g/mol. The Morgan fingerprint density at radius 3 is 2.50 bits per heavy atom. The van der Waals surface area contributed by atoms with Gasteiger partial charge in [-0.25, -0.2) is 4.98 Å². The Labute approximate surface area is 254 Å². The van der Waals surface area contributed by atoms with E-state index < -0.39 is 0 Å². The van der Waals surface area contributed by atoms with Crippen LogP contribution in [0.3, 0.4) is 0 Å². The second kappa shape index (κ2) is 12.0. The Balaban J connectivity index is 1.11. The molecule has 2 N–H and O–H groups in total. The monoisotopic (exact) mass is 597 g/mol. The molecule has 2 aromatic carbocycles. The zero-order chi connectivity index (χ0) is 30.0. The summed E-state index contributed by atoms with van der Waals surface area (Å²) in [6.45, 7) is 7.88. The van der Waals surface area contributed by atoms with E-state index >= 15 is 0 Å². The third kappa shape index (κ3) is 5.95. The van der Waals surface area contributed by atoms with E-state index in [-0.39, 0.29) is 18.6 Å². The van der Waals surface area contributed by atoms with E-state index in [4.69, 9.17) is 19.4 Å². The van der Waals surface area contributed by atoms with Gasteiger partial charge in [-0.15, -0.1) is 0 Å². The summed E-state index contributed by atoms with van der Waals surface area (Å²) >= 11 is 0. The number of hydrogen-bond donors (Lipinski definition) is 2. The maximum absolute atomic E-state index is 12.2. The van der Waals surface area contributed by atoms with E-state index in [1.807, 2.05) is 39.8 Å². The van der Waals surface area contributed by atoms with Gasteiger partial charge in [0.1, 0.15) is 0 Å². The van der Waals surface area contributed by atoms with Crippen LogP contribution < -0.4 is 25.0 Å². The van der Waals surface area contributed by atoms with Crippen LogP contribution in [-0.2, 0) is 22.7 Å². The Bertz CT molecular complexity index is 1680. The summed E-state index contributed by atoms with van der Waals surface area (Å²) in [6, 6.07) is 13.6. The lowest BCUT2D eigenvalue weighted by atomic mass is 10.1. The van der Waals surface area contributed by atoms with Crippen LogP contribution in [0.4, 0.5) is 23.1 Å². The summed E-state index contributed by atoms with van der Waals surface area (Å²) in [7, 11) is 0. The van der Waals surface area contributed by atoms with Crippen LogP contribution in [0.1, 0.15) is 25.3 Å². The molecule has 44 heavy (non-hydrogen) atoms. The quantitative estimate of drug-likeness (QED) is 0.297. The number of imidazole rings is 1. The van der Waals surface area contributed by atoms with Gasteiger partial charge in [-0.1, -0.05) is 6.07 Å². The van der Waals surface area contributed by atoms with E-state index in [1.165, 1.54) is 12.5 Å². The molecule has 0 radical (unpaired) electrons. The van der Waals surface area contributed by atoms with Crippen molar-refractivity contribution in [3.63, 3.8) is 0 Å². The largest absolute Gasteiger partial charge is 0.454 e. The highest BCUT2D eigenvalue weighted by Gasteiger charge is 2.24. The third-order valence-corrected chi connectivity index (χ3v) is 8.20. The molecule has 4 aromatic rings. The van der Waals surface area contributed by atoms with Crippen molar-refractivity contribution in [2.24, 2.45) is 0 Å². The number of benzene rings is 2. The summed E-state index contributed by atoms with van der Waals surface area (Å²) in [5.41, 5.74) is 4.11. The predicted octanol–water partition coefficient (Wildman–Crippen LogP) is 3.20. The fraction of sp³-hybridized carbons (Fsp3) is 0.387. The highest BCUT2D eigenvalue weighted by atomic mass is 16.7. The molecule has 3 aliphatic heterocycles. The number of ether oxygens (including phenoxy) is 2. The van der Waals surface area contributed by atoms with E-state index in [1.54, 1.807) is 6.33 Å². The van der Waals surface area contributed by atoms with Gasteiger partial charge in [0.15, 0.2) is 28.5 Å². The van der Waals surface area contributed by atoms with Crippen molar-refractivity contribution in [1.29, 1.82) is 0 Å². The third-order valence-electron chi connectivity index (χ3n) is 8.20. The van der Waals surface area contributed by atoms with Gasteiger partial charge in [-0.2, -0.15) is 9.97 Å². The molecule has 0 spiro atoms. The number of hydrogen-bond acceptors (Lipinski definition) is 10. The number of aromatic nitrogens is 4. The van der Waals surface area contributed by atoms with Crippen LogP contribution in [0.15, 0.2) is 48.8 Å². The molecule has 0 saturated carbocycles. The number of likely N-dealkylation sites (tertiary alicyclic amines) is 1. The SMILES string of the molecule is CC(=O)Nc1ccc(Nc2nc(N3CCN(Cc4ccc5c(c4)OCO5)CC3)nc3c2ncn3CCN2CCCC2=O)cc1. The van der Waals surface area contributed by atoms with E-state index in [0.29, 0.717) is 36.8 Å². The number of amides is 2. The summed E-state index contributed by atoms with van der Waals surface area (Å²) in [4.78, 5) is 44.8. The second-order valence-corrected chi connectivity index (χ2v) is 11.3. The Morgan fingerprint density at radius 2 is 1.73 bits per heavy atom. The lowest BCUT2D eigenvalue weighted by Gasteiger charge is -2.34. The molecular formula is C31H35N9O4. The normalized spacial score (nSPS) is 16.6. The maximum Gasteiger partial charge on any atom is 0.231 e. The van der Waals surface area contributed by atoms with Gasteiger partial charge in [-0.05, 0) is 48.4 Å². The van der Waals surface area contributed by atoms with Gasteiger partial charge in [-0.3, -0.25) is 14.5 Å². The topological polar surface area (TPSA) is 130 Å². The molecule has 3 aliphatic rings. The maximum atomic E-state index is 12.2. The molecule has 0 unspecified atom stereocenters. The highest BCUT2D eigenvalue weighted by Crippen LogP contribution is 2.33. The van der Waals surface area contributed by atoms with Crippen LogP contribution in [0.2, 0.25) is 0 Å². The Morgan fingerprint density at radius 1 is 0.932 bits per heavy atom. The average molecular weight is 598 g/mol. The number of piperazine rings is 1. The number of nitrogens with zero attached hydrogens (tertiary/aromatic N) is 7. The fourth-order valence-corrected chi connectivity index (χ4v) is 5.87. The van der Waals surface area contributed by atoms with Gasteiger partial charge >= 0.3 is 0 Å². The highest BCUT2D eigenvalue weighted by molar-refractivity contribution is 5.89. The number of nitrogens with one attached hydrogen (secondary N) is 2. The molecule has 5 heterocycles. The van der Waals surface area contributed by atoms with Crippen LogP contribution in [0.5, 0.6) is 11.5 Å². The predicted molar refractivity (Wildman–Crippen MR) is 165 cm³/mol. The first-order valence-corrected chi connectivity index (χ1v) is 15.0. The summed E-state index contributed by atoms with van der Waals surface area (Å²) in [5.74, 6) is 2.93. The standard InChI is InChI=1S/C31H35N9O4/c1-21(41)33-23-5-7-24(8-6-23)34-29-28-30(40(19-32-28)16-15-38-10-2-3-27(38)42)36-31(35-29)39-13-11-37(12-14-39)18-22-4-9-25-26(17-22)44-20-43-25/h4-9,17,19H,2-3,10-16,18,20H2,1H3,(H,33,41)(H,34,35,36). The fourth-order valence-electron chi connectivity index (χ4n) is 5.87. The van der Waals surface area contributed by atoms with Gasteiger partial charge in [0.05, 0.1) is 6.33 Å². The molecule has 228 valence electrons. The zero-order valence-corrected chi connectivity index (χ0v) is 24.7. The summed E-state index contributed by atoms with van der Waals surface area (Å²) in [6.07, 6.45) is 3.30. The molecule has 2 fully saturated rings. The molecule has 13 heteroatoms. The summed E-state index contributed by atoms with van der Waals surface area (Å²) < 4.78 is 13.0. The molecule has 0 aliphatic carbocycles. The van der Waals surface area contributed by atoms with Crippen molar-refractivity contribution in [1.82, 2.24) is 29.3 Å². The number of rotatable bonds is 9. The van der Waals surface area contributed by atoms with Crippen molar-refractivity contribution in [3.8, 4) is 11.5 Å². The number of fused-ring (bicyclic) bond motifs is 2. The lowest BCUT2D eigenvalue weighted by Crippen LogP contribution is -2.46. The smallest absolute Gasteiger partial charge is 0.231 e. The Kier molecular flexibility index (Phi) is 7.61. The van der Waals surface area contributed by atoms with Crippen LogP contribution in [-0.4, -0.2) is 87.2 Å². The summed E-state index contributed by atoms with van der Waals surface area (Å²) in [5, 5.41) is 6.22. The minimum absolute atomic E-state index is 0.120. The first kappa shape index (κ1) is 27.9. The first-order valence-electron chi connectivity index (χ1n) is 15.0. The molecule has 2 aromatic heterocycles. The van der Waals surface area contributed by atoms with Crippen molar-refractivity contribution in [3.05, 3.63) is 54.4 Å². The molecule has 2 saturated heterocycles. The van der Waals surface area contributed by atoms with E-state index in [0.717, 1.165) is 74.2 Å². The van der Waals surface area contributed by atoms with Gasteiger partial charge < -0.3 is 34.5 Å². The van der Waals surface area contributed by atoms with Crippen molar-refractivity contribution in [2.75, 3.05) is 61.6 Å². The van der Waals surface area contributed by atoms with Crippen LogP contribution >= 0.6 is 0 Å². The molecule has 0 atom stereocenters. The molecule has 7 rings (SSSR count). The molecule has 2 amide bonds. The van der Waals surface area contributed by atoms with Crippen molar-refractivity contribution < 1.29 is 19.1 Å². The Hall–Kier alpha value is -4.91. The van der Waals surface area contributed by atoms with Crippen LogP contribution in [0.25, 0.3) is 11.2 Å². The minimum atomic E-state index is -0.120. The molecule has 13 nitrogen and oxygen atoms in total. The lowest BCUT2D eigenvalue weighted by molar-refractivity contribution is -0.127. The average Bonchev–Trinajstić information content (AvgIpc) is 3.77. The van der Waals surface area contributed by atoms with E-state index in [9.17, 15) is 9.59 Å². The number of carbonyl (C=O) groups excluding carboxylic acids is 2. The van der Waals surface area contributed by atoms with Crippen molar-refractivity contribution >= 4 is 46.1 Å². The van der Waals surface area contributed by atoms with Gasteiger partial charge in [0.2, 0.25) is 24.6 Å². The molecule has 0 bridgehead atoms. The van der Waals surface area contributed by atoms with Gasteiger partial charge in [0, 0.05) is 77.1 Å². The second-order valence-electron chi connectivity index (χ2n) is 11.3. The first-order chi connectivity index (χ1) is 21.5.